The summed E-state index contributed by atoms with van der Waals surface area (Å²) in [5.74, 6) is 0.500. The van der Waals surface area contributed by atoms with Crippen molar-refractivity contribution in [3.8, 4) is 5.75 Å². The summed E-state index contributed by atoms with van der Waals surface area (Å²) in [5.41, 5.74) is 0.478. The third-order valence-electron chi connectivity index (χ3n) is 1.60. The number of benzene rings is 1. The fourth-order valence-corrected chi connectivity index (χ4v) is 1.53. The normalized spacial score (nSPS) is 10.2. The Morgan fingerprint density at radius 3 is 2.53 bits per heavy atom. The Hall–Kier alpha value is -0.930. The van der Waals surface area contributed by atoms with Gasteiger partial charge >= 0.3 is 0 Å². The lowest BCUT2D eigenvalue weighted by Gasteiger charge is -2.13. The zero-order valence-corrected chi connectivity index (χ0v) is 9.89. The molecule has 0 heterocycles. The molecule has 15 heavy (non-hydrogen) atoms. The molecule has 0 fully saturated rings. The first kappa shape index (κ1) is 12.1. The number of amides is 1. The Bertz CT molecular complexity index is 367. The molecule has 1 N–H and O–H groups in total. The van der Waals surface area contributed by atoms with Crippen LogP contribution in [0.3, 0.4) is 0 Å². The second-order valence-electron chi connectivity index (χ2n) is 3.19. The average molecular weight is 248 g/mol. The van der Waals surface area contributed by atoms with Gasteiger partial charge in [0.25, 0.3) is 0 Å². The summed E-state index contributed by atoms with van der Waals surface area (Å²) < 4.78 is 5.44. The van der Waals surface area contributed by atoms with Crippen molar-refractivity contribution in [3.05, 3.63) is 22.2 Å². The van der Waals surface area contributed by atoms with Crippen LogP contribution in [0.2, 0.25) is 10.0 Å². The minimum atomic E-state index is 0.00718. The highest BCUT2D eigenvalue weighted by Crippen LogP contribution is 2.34. The van der Waals surface area contributed by atoms with Crippen LogP contribution in [0.5, 0.6) is 5.75 Å². The van der Waals surface area contributed by atoms with E-state index in [2.05, 4.69) is 5.32 Å². The third kappa shape index (κ3) is 3.29. The van der Waals surface area contributed by atoms with E-state index in [1.165, 1.54) is 6.07 Å². The number of nitrogens with one attached hydrogen (secondary N) is 1. The zero-order valence-electron chi connectivity index (χ0n) is 8.38. The topological polar surface area (TPSA) is 38.3 Å². The van der Waals surface area contributed by atoms with Crippen LogP contribution in [0.25, 0.3) is 0 Å². The van der Waals surface area contributed by atoms with Gasteiger partial charge in [0.2, 0.25) is 6.41 Å². The van der Waals surface area contributed by atoms with Gasteiger partial charge in [-0.05, 0) is 19.9 Å². The largest absolute Gasteiger partial charge is 0.489 e. The SMILES string of the molecule is CC(C)Oc1cc(NC=O)c(Cl)cc1Cl. The molecule has 0 bridgehead atoms. The molecule has 1 aromatic carbocycles. The first-order valence-corrected chi connectivity index (χ1v) is 5.16. The lowest BCUT2D eigenvalue weighted by molar-refractivity contribution is -0.105. The fraction of sp³-hybridized carbons (Fsp3) is 0.300. The van der Waals surface area contributed by atoms with E-state index >= 15 is 0 Å². The molecule has 82 valence electrons. The Morgan fingerprint density at radius 1 is 1.33 bits per heavy atom. The molecule has 0 spiro atoms. The molecule has 0 aliphatic heterocycles. The smallest absolute Gasteiger partial charge is 0.211 e. The van der Waals surface area contributed by atoms with Gasteiger partial charge in [0.1, 0.15) is 5.75 Å². The number of carbonyl (C=O) groups excluding carboxylic acids is 1. The fourth-order valence-electron chi connectivity index (χ4n) is 1.05. The van der Waals surface area contributed by atoms with Gasteiger partial charge < -0.3 is 10.1 Å². The molecule has 0 unspecified atom stereocenters. The molecule has 0 aliphatic carbocycles. The van der Waals surface area contributed by atoms with Crippen molar-refractivity contribution in [3.63, 3.8) is 0 Å². The van der Waals surface area contributed by atoms with Crippen LogP contribution in [-0.4, -0.2) is 12.5 Å². The van der Waals surface area contributed by atoms with Crippen molar-refractivity contribution in [2.75, 3.05) is 5.32 Å². The monoisotopic (exact) mass is 247 g/mol. The number of ether oxygens (including phenoxy) is 1. The highest BCUT2D eigenvalue weighted by molar-refractivity contribution is 6.37. The van der Waals surface area contributed by atoms with Gasteiger partial charge in [0, 0.05) is 6.07 Å². The summed E-state index contributed by atoms with van der Waals surface area (Å²) in [6, 6.07) is 3.13. The van der Waals surface area contributed by atoms with Crippen molar-refractivity contribution < 1.29 is 9.53 Å². The molecular formula is C10H11Cl2NO2. The maximum atomic E-state index is 10.3. The summed E-state index contributed by atoms with van der Waals surface area (Å²) >= 11 is 11.8. The van der Waals surface area contributed by atoms with E-state index in [9.17, 15) is 4.79 Å². The second kappa shape index (κ2) is 5.24. The first-order valence-electron chi connectivity index (χ1n) is 4.40. The minimum absolute atomic E-state index is 0.00718. The molecule has 0 saturated carbocycles. The molecule has 1 aromatic rings. The van der Waals surface area contributed by atoms with Gasteiger partial charge in [0.15, 0.2) is 0 Å². The summed E-state index contributed by atoms with van der Waals surface area (Å²) in [7, 11) is 0. The quantitative estimate of drug-likeness (QED) is 0.829. The summed E-state index contributed by atoms with van der Waals surface area (Å²) in [6.45, 7) is 3.77. The van der Waals surface area contributed by atoms with E-state index in [4.69, 9.17) is 27.9 Å². The third-order valence-corrected chi connectivity index (χ3v) is 2.21. The van der Waals surface area contributed by atoms with E-state index in [1.807, 2.05) is 13.8 Å². The highest BCUT2D eigenvalue weighted by Gasteiger charge is 2.09. The Labute approximate surface area is 98.3 Å². The van der Waals surface area contributed by atoms with Gasteiger partial charge in [-0.2, -0.15) is 0 Å². The van der Waals surface area contributed by atoms with Crippen LogP contribution < -0.4 is 10.1 Å². The number of hydrogen-bond acceptors (Lipinski definition) is 2. The van der Waals surface area contributed by atoms with Crippen LogP contribution in [0.1, 0.15) is 13.8 Å². The van der Waals surface area contributed by atoms with Gasteiger partial charge in [0.05, 0.1) is 21.8 Å². The van der Waals surface area contributed by atoms with Gasteiger partial charge in [-0.25, -0.2) is 0 Å². The van der Waals surface area contributed by atoms with E-state index in [1.54, 1.807) is 6.07 Å². The first-order chi connectivity index (χ1) is 7.04. The predicted octanol–water partition coefficient (Wildman–Crippen LogP) is 3.35. The molecule has 1 rings (SSSR count). The predicted molar refractivity (Wildman–Crippen MR) is 61.9 cm³/mol. The average Bonchev–Trinajstić information content (AvgIpc) is 2.12. The summed E-state index contributed by atoms with van der Waals surface area (Å²) in [5, 5.41) is 3.26. The molecule has 0 radical (unpaired) electrons. The lowest BCUT2D eigenvalue weighted by Crippen LogP contribution is -2.06. The summed E-state index contributed by atoms with van der Waals surface area (Å²) in [6.07, 6.45) is 0.557. The standard InChI is InChI=1S/C10H11Cl2NO2/c1-6(2)15-10-4-9(13-5-14)7(11)3-8(10)12/h3-6H,1-2H3,(H,13,14). The maximum absolute atomic E-state index is 10.3. The van der Waals surface area contributed by atoms with E-state index in [0.29, 0.717) is 27.9 Å². The van der Waals surface area contributed by atoms with Crippen LogP contribution in [0.15, 0.2) is 12.1 Å². The molecule has 0 atom stereocenters. The van der Waals surface area contributed by atoms with Gasteiger partial charge in [-0.3, -0.25) is 4.79 Å². The van der Waals surface area contributed by atoms with E-state index in [-0.39, 0.29) is 6.10 Å². The van der Waals surface area contributed by atoms with Crippen molar-refractivity contribution in [2.45, 2.75) is 20.0 Å². The van der Waals surface area contributed by atoms with Crippen molar-refractivity contribution in [1.29, 1.82) is 0 Å². The van der Waals surface area contributed by atoms with E-state index in [0.717, 1.165) is 0 Å². The van der Waals surface area contributed by atoms with Crippen LogP contribution in [-0.2, 0) is 4.79 Å². The zero-order chi connectivity index (χ0) is 11.4. The van der Waals surface area contributed by atoms with Crippen LogP contribution in [0.4, 0.5) is 5.69 Å². The molecule has 0 saturated heterocycles. The number of rotatable bonds is 4. The van der Waals surface area contributed by atoms with Crippen LogP contribution in [0, 0.1) is 0 Å². The Kier molecular flexibility index (Phi) is 4.24. The number of carbonyl (C=O) groups is 1. The minimum Gasteiger partial charge on any atom is -0.489 e. The van der Waals surface area contributed by atoms with Crippen molar-refractivity contribution >= 4 is 35.3 Å². The van der Waals surface area contributed by atoms with Crippen molar-refractivity contribution in [1.82, 2.24) is 0 Å². The molecule has 0 aromatic heterocycles. The summed E-state index contributed by atoms with van der Waals surface area (Å²) in [4.78, 5) is 10.3. The molecule has 3 nitrogen and oxygen atoms in total. The molecule has 1 amide bonds. The van der Waals surface area contributed by atoms with E-state index < -0.39 is 0 Å². The van der Waals surface area contributed by atoms with Gasteiger partial charge in [-0.1, -0.05) is 23.2 Å². The Morgan fingerprint density at radius 2 is 2.00 bits per heavy atom. The lowest BCUT2D eigenvalue weighted by atomic mass is 10.3. The van der Waals surface area contributed by atoms with Crippen molar-refractivity contribution in [2.24, 2.45) is 0 Å². The molecule has 0 aliphatic rings. The maximum Gasteiger partial charge on any atom is 0.211 e. The number of anilines is 1. The number of halogens is 2. The van der Waals surface area contributed by atoms with Crippen LogP contribution >= 0.6 is 23.2 Å². The molecular weight excluding hydrogens is 237 g/mol. The number of hydrogen-bond donors (Lipinski definition) is 1. The highest BCUT2D eigenvalue weighted by atomic mass is 35.5. The molecule has 5 heteroatoms. The Balaban J connectivity index is 3.05. The second-order valence-corrected chi connectivity index (χ2v) is 4.01. The van der Waals surface area contributed by atoms with Gasteiger partial charge in [-0.15, -0.1) is 0 Å².